The number of aromatic nitrogens is 2. The number of carbonyl (C=O) groups is 2. The number of H-pyrrole nitrogens is 1. The molecule has 0 aliphatic rings. The number of nitrogens with one attached hydrogen (secondary N) is 3. The highest BCUT2D eigenvalue weighted by atomic mass is 16.2. The summed E-state index contributed by atoms with van der Waals surface area (Å²) in [6, 6.07) is 12.9. The molecule has 1 heterocycles. The van der Waals surface area contributed by atoms with Gasteiger partial charge in [-0.15, -0.1) is 0 Å². The van der Waals surface area contributed by atoms with E-state index in [-0.39, 0.29) is 11.8 Å². The third-order valence-corrected chi connectivity index (χ3v) is 4.28. The van der Waals surface area contributed by atoms with Crippen LogP contribution in [0.15, 0.2) is 91.1 Å². The normalized spacial score (nSPS) is 11.9. The van der Waals surface area contributed by atoms with Crippen molar-refractivity contribution >= 4 is 34.2 Å². The lowest BCUT2D eigenvalue weighted by molar-refractivity contribution is -0.112. The molecule has 0 saturated carbocycles. The minimum absolute atomic E-state index is 0.190. The Morgan fingerprint density at radius 1 is 0.806 bits per heavy atom. The molecule has 3 aromatic rings. The monoisotopic (exact) mass is 412 g/mol. The molecule has 0 bridgehead atoms. The van der Waals surface area contributed by atoms with Crippen molar-refractivity contribution in [3.63, 3.8) is 0 Å². The number of hydrogen-bond acceptors (Lipinski definition) is 3. The van der Waals surface area contributed by atoms with Gasteiger partial charge in [0.2, 0.25) is 11.8 Å². The second-order valence-corrected chi connectivity index (χ2v) is 6.64. The molecule has 3 N–H and O–H groups in total. The van der Waals surface area contributed by atoms with Crippen LogP contribution in [-0.2, 0) is 9.59 Å². The van der Waals surface area contributed by atoms with E-state index in [1.54, 1.807) is 24.3 Å². The summed E-state index contributed by atoms with van der Waals surface area (Å²) in [6.07, 6.45) is 13.6. The Hall–Kier alpha value is -4.19. The van der Waals surface area contributed by atoms with Crippen LogP contribution < -0.4 is 10.6 Å². The van der Waals surface area contributed by atoms with Crippen molar-refractivity contribution < 1.29 is 9.59 Å². The minimum atomic E-state index is -0.199. The number of fused-ring (bicyclic) bond motifs is 1. The molecule has 0 saturated heterocycles. The highest BCUT2D eigenvalue weighted by Crippen LogP contribution is 2.24. The molecule has 156 valence electrons. The molecular formula is C25H24N4O2. The third kappa shape index (κ3) is 6.14. The van der Waals surface area contributed by atoms with Gasteiger partial charge in [0.25, 0.3) is 0 Å². The van der Waals surface area contributed by atoms with Crippen LogP contribution in [-0.4, -0.2) is 21.8 Å². The van der Waals surface area contributed by atoms with Crippen LogP contribution in [0, 0.1) is 0 Å². The molecule has 0 fully saturated rings. The lowest BCUT2D eigenvalue weighted by Crippen LogP contribution is -2.07. The fourth-order valence-electron chi connectivity index (χ4n) is 2.81. The molecule has 0 atom stereocenters. The Bertz CT molecular complexity index is 1180. The Balaban J connectivity index is 1.71. The van der Waals surface area contributed by atoms with E-state index in [2.05, 4.69) is 20.6 Å². The van der Waals surface area contributed by atoms with Gasteiger partial charge in [0.05, 0.1) is 11.0 Å². The predicted molar refractivity (Wildman–Crippen MR) is 127 cm³/mol. The summed E-state index contributed by atoms with van der Waals surface area (Å²) in [5, 5.41) is 5.64. The number of imidazole rings is 1. The van der Waals surface area contributed by atoms with Crippen molar-refractivity contribution in [2.45, 2.75) is 13.8 Å². The molecule has 6 nitrogen and oxygen atoms in total. The summed E-state index contributed by atoms with van der Waals surface area (Å²) >= 11 is 0. The molecule has 2 amide bonds. The van der Waals surface area contributed by atoms with Crippen molar-refractivity contribution in [1.82, 2.24) is 9.97 Å². The topological polar surface area (TPSA) is 86.9 Å². The van der Waals surface area contributed by atoms with E-state index in [1.807, 2.05) is 68.5 Å². The third-order valence-electron chi connectivity index (χ3n) is 4.28. The number of hydrogen-bond donors (Lipinski definition) is 3. The molecular weight excluding hydrogens is 388 g/mol. The summed E-state index contributed by atoms with van der Waals surface area (Å²) in [6.45, 7) is 3.78. The van der Waals surface area contributed by atoms with Crippen molar-refractivity contribution in [2.24, 2.45) is 0 Å². The van der Waals surface area contributed by atoms with Gasteiger partial charge in [0, 0.05) is 29.1 Å². The first kappa shape index (κ1) is 21.5. The zero-order valence-corrected chi connectivity index (χ0v) is 17.4. The molecule has 0 radical (unpaired) electrons. The molecule has 31 heavy (non-hydrogen) atoms. The molecule has 0 unspecified atom stereocenters. The second-order valence-electron chi connectivity index (χ2n) is 6.64. The molecule has 0 aliphatic carbocycles. The van der Waals surface area contributed by atoms with E-state index < -0.39 is 0 Å². The Kier molecular flexibility index (Phi) is 7.32. The lowest BCUT2D eigenvalue weighted by Gasteiger charge is -2.03. The molecule has 0 spiro atoms. The molecule has 6 heteroatoms. The number of allylic oxidation sites excluding steroid dienone is 6. The van der Waals surface area contributed by atoms with Crippen LogP contribution in [0.1, 0.15) is 13.8 Å². The largest absolute Gasteiger partial charge is 0.338 e. The van der Waals surface area contributed by atoms with Gasteiger partial charge < -0.3 is 15.6 Å². The Labute approximate surface area is 181 Å². The SMILES string of the molecule is C/C=C\C=C/C(=O)Nc1ccc(-c2nc3ccc(NC(=O)/C=C/C=C\C)cc3[nH]2)cc1. The van der Waals surface area contributed by atoms with Crippen molar-refractivity contribution in [3.05, 3.63) is 91.1 Å². The van der Waals surface area contributed by atoms with E-state index in [1.165, 1.54) is 12.2 Å². The number of benzene rings is 2. The fourth-order valence-corrected chi connectivity index (χ4v) is 2.81. The van der Waals surface area contributed by atoms with Crippen molar-refractivity contribution in [2.75, 3.05) is 10.6 Å². The maximum atomic E-state index is 11.9. The summed E-state index contributed by atoms with van der Waals surface area (Å²) in [5.74, 6) is 0.317. The van der Waals surface area contributed by atoms with E-state index in [4.69, 9.17) is 0 Å². The van der Waals surface area contributed by atoms with Gasteiger partial charge in [-0.2, -0.15) is 0 Å². The quantitative estimate of drug-likeness (QED) is 0.360. The standard InChI is InChI=1S/C25H24N4O2/c1-3-5-7-9-23(30)26-19-13-11-18(12-14-19)25-28-21-16-15-20(17-22(21)29-25)27-24(31)10-8-6-4-2/h3-17H,1-2H3,(H,26,30)(H,27,31)(H,28,29)/b5-3-,6-4-,9-7-,10-8+. The first-order valence-electron chi connectivity index (χ1n) is 9.90. The average molecular weight is 412 g/mol. The zero-order chi connectivity index (χ0) is 22.1. The predicted octanol–water partition coefficient (Wildman–Crippen LogP) is 5.37. The number of carbonyl (C=O) groups excluding carboxylic acids is 2. The number of rotatable bonds is 7. The maximum Gasteiger partial charge on any atom is 0.248 e. The van der Waals surface area contributed by atoms with Crippen molar-refractivity contribution in [3.8, 4) is 11.4 Å². The summed E-state index contributed by atoms with van der Waals surface area (Å²) in [4.78, 5) is 31.7. The Morgan fingerprint density at radius 3 is 2.00 bits per heavy atom. The van der Waals surface area contributed by atoms with E-state index in [0.29, 0.717) is 17.2 Å². The van der Waals surface area contributed by atoms with E-state index in [9.17, 15) is 9.59 Å². The molecule has 1 aromatic heterocycles. The highest BCUT2D eigenvalue weighted by molar-refractivity contribution is 6.01. The van der Waals surface area contributed by atoms with Gasteiger partial charge in [0.15, 0.2) is 0 Å². The number of anilines is 2. The summed E-state index contributed by atoms with van der Waals surface area (Å²) in [5.41, 5.74) is 3.88. The van der Waals surface area contributed by atoms with Crippen LogP contribution in [0.4, 0.5) is 11.4 Å². The first-order valence-corrected chi connectivity index (χ1v) is 9.90. The summed E-state index contributed by atoms with van der Waals surface area (Å²) < 4.78 is 0. The van der Waals surface area contributed by atoms with Gasteiger partial charge in [-0.05, 0) is 56.3 Å². The van der Waals surface area contributed by atoms with Gasteiger partial charge >= 0.3 is 0 Å². The Morgan fingerprint density at radius 2 is 1.39 bits per heavy atom. The maximum absolute atomic E-state index is 11.9. The lowest BCUT2D eigenvalue weighted by atomic mass is 10.2. The van der Waals surface area contributed by atoms with Gasteiger partial charge in [-0.3, -0.25) is 9.59 Å². The number of aromatic amines is 1. The molecule has 3 rings (SSSR count). The van der Waals surface area contributed by atoms with Gasteiger partial charge in [0.1, 0.15) is 5.82 Å². The van der Waals surface area contributed by atoms with Crippen LogP contribution in [0.3, 0.4) is 0 Å². The van der Waals surface area contributed by atoms with Crippen LogP contribution >= 0.6 is 0 Å². The summed E-state index contributed by atoms with van der Waals surface area (Å²) in [7, 11) is 0. The average Bonchev–Trinajstić information content (AvgIpc) is 3.18. The smallest absolute Gasteiger partial charge is 0.248 e. The van der Waals surface area contributed by atoms with Gasteiger partial charge in [-0.1, -0.05) is 36.5 Å². The molecule has 0 aliphatic heterocycles. The second kappa shape index (κ2) is 10.5. The minimum Gasteiger partial charge on any atom is -0.338 e. The zero-order valence-electron chi connectivity index (χ0n) is 17.4. The van der Waals surface area contributed by atoms with Crippen LogP contribution in [0.2, 0.25) is 0 Å². The molecule has 2 aromatic carbocycles. The van der Waals surface area contributed by atoms with Gasteiger partial charge in [-0.25, -0.2) is 4.98 Å². The highest BCUT2D eigenvalue weighted by Gasteiger charge is 2.07. The van der Waals surface area contributed by atoms with E-state index >= 15 is 0 Å². The van der Waals surface area contributed by atoms with Crippen LogP contribution in [0.5, 0.6) is 0 Å². The van der Waals surface area contributed by atoms with E-state index in [0.717, 1.165) is 16.6 Å². The van der Waals surface area contributed by atoms with Crippen LogP contribution in [0.25, 0.3) is 22.4 Å². The number of nitrogens with zero attached hydrogens (tertiary/aromatic N) is 1. The van der Waals surface area contributed by atoms with Crippen molar-refractivity contribution in [1.29, 1.82) is 0 Å². The number of amides is 2. The fraction of sp³-hybridized carbons (Fsp3) is 0.0800. The first-order chi connectivity index (χ1) is 15.1.